The smallest absolute Gasteiger partial charge is 0.273 e. The van der Waals surface area contributed by atoms with E-state index >= 15 is 0 Å². The van der Waals surface area contributed by atoms with Crippen LogP contribution in [0.1, 0.15) is 24.6 Å². The Morgan fingerprint density at radius 3 is 2.53 bits per heavy atom. The van der Waals surface area contributed by atoms with Crippen molar-refractivity contribution < 1.29 is 8.42 Å². The van der Waals surface area contributed by atoms with Gasteiger partial charge in [-0.3, -0.25) is 9.25 Å². The average Bonchev–Trinajstić information content (AvgIpc) is 2.95. The van der Waals surface area contributed by atoms with Gasteiger partial charge in [0, 0.05) is 18.8 Å². The van der Waals surface area contributed by atoms with E-state index < -0.39 is 10.0 Å². The van der Waals surface area contributed by atoms with Crippen LogP contribution in [0.25, 0.3) is 11.5 Å². The first-order valence-corrected chi connectivity index (χ1v) is 7.41. The summed E-state index contributed by atoms with van der Waals surface area (Å²) in [6.07, 6.45) is 1.80. The van der Waals surface area contributed by atoms with Crippen LogP contribution in [-0.4, -0.2) is 33.0 Å². The normalized spacial score (nSPS) is 15.9. The first-order chi connectivity index (χ1) is 8.88. The van der Waals surface area contributed by atoms with Crippen molar-refractivity contribution >= 4 is 10.0 Å². The van der Waals surface area contributed by atoms with Crippen molar-refractivity contribution in [2.45, 2.75) is 31.0 Å². The molecule has 8 nitrogen and oxygen atoms in total. The fourth-order valence-corrected chi connectivity index (χ4v) is 2.64. The van der Waals surface area contributed by atoms with Gasteiger partial charge in [-0.2, -0.15) is 5.10 Å². The summed E-state index contributed by atoms with van der Waals surface area (Å²) in [7, 11) is -2.06. The highest BCUT2D eigenvalue weighted by atomic mass is 32.2. The lowest BCUT2D eigenvalue weighted by Gasteiger charge is -2.05. The summed E-state index contributed by atoms with van der Waals surface area (Å²) in [6.45, 7) is 1.91. The number of hydrogen-bond acceptors (Lipinski definition) is 5. The molecule has 19 heavy (non-hydrogen) atoms. The Morgan fingerprint density at radius 2 is 2.05 bits per heavy atom. The first-order valence-electron chi connectivity index (χ1n) is 5.86. The molecule has 0 spiro atoms. The van der Waals surface area contributed by atoms with Gasteiger partial charge in [-0.15, -0.1) is 10.2 Å². The van der Waals surface area contributed by atoms with Crippen LogP contribution >= 0.6 is 0 Å². The largest absolute Gasteiger partial charge is 0.292 e. The lowest BCUT2D eigenvalue weighted by molar-refractivity contribution is 0.567. The van der Waals surface area contributed by atoms with E-state index in [0.717, 1.165) is 18.5 Å². The third-order valence-electron chi connectivity index (χ3n) is 3.17. The molecule has 0 aromatic carbocycles. The Balaban J connectivity index is 2.19. The summed E-state index contributed by atoms with van der Waals surface area (Å²) < 4.78 is 26.3. The number of primary sulfonamides is 1. The van der Waals surface area contributed by atoms with E-state index in [1.807, 2.05) is 20.0 Å². The zero-order valence-electron chi connectivity index (χ0n) is 10.6. The standard InChI is InChI=1S/C10H14N6O2S/c1-6-5-8(14-15(6)2)9-12-13-10(19(11,17)18)16(9)7-3-4-7/h5,7H,3-4H2,1-2H3,(H2,11,17,18). The maximum absolute atomic E-state index is 11.5. The molecular weight excluding hydrogens is 268 g/mol. The van der Waals surface area contributed by atoms with Crippen molar-refractivity contribution in [2.24, 2.45) is 12.2 Å². The van der Waals surface area contributed by atoms with E-state index in [2.05, 4.69) is 15.3 Å². The number of nitrogens with two attached hydrogens (primary N) is 1. The quantitative estimate of drug-likeness (QED) is 0.850. The van der Waals surface area contributed by atoms with Crippen LogP contribution in [0.4, 0.5) is 0 Å². The Hall–Kier alpha value is -1.74. The molecular formula is C10H14N6O2S. The summed E-state index contributed by atoms with van der Waals surface area (Å²) in [5.41, 5.74) is 1.56. The van der Waals surface area contributed by atoms with Crippen LogP contribution in [0.5, 0.6) is 0 Å². The molecule has 1 fully saturated rings. The SMILES string of the molecule is Cc1cc(-c2nnc(S(N)(=O)=O)n2C2CC2)nn1C. The number of nitrogens with zero attached hydrogens (tertiary/aromatic N) is 5. The van der Waals surface area contributed by atoms with Gasteiger partial charge in [-0.25, -0.2) is 13.6 Å². The van der Waals surface area contributed by atoms with Gasteiger partial charge in [0.25, 0.3) is 15.2 Å². The minimum absolute atomic E-state index is 0.0978. The Kier molecular flexibility index (Phi) is 2.51. The van der Waals surface area contributed by atoms with Gasteiger partial charge in [0.1, 0.15) is 5.69 Å². The molecule has 2 aromatic heterocycles. The minimum Gasteiger partial charge on any atom is -0.292 e. The fraction of sp³-hybridized carbons (Fsp3) is 0.500. The molecule has 3 rings (SSSR count). The highest BCUT2D eigenvalue weighted by Crippen LogP contribution is 2.39. The summed E-state index contributed by atoms with van der Waals surface area (Å²) in [5, 5.41) is 17.0. The van der Waals surface area contributed by atoms with Crippen molar-refractivity contribution in [3.63, 3.8) is 0 Å². The van der Waals surface area contributed by atoms with E-state index in [0.29, 0.717) is 11.5 Å². The summed E-state index contributed by atoms with van der Waals surface area (Å²) in [4.78, 5) is 0. The maximum atomic E-state index is 11.5. The predicted molar refractivity (Wildman–Crippen MR) is 66.6 cm³/mol. The molecule has 1 aliphatic carbocycles. The van der Waals surface area contributed by atoms with Crippen LogP contribution in [0.3, 0.4) is 0 Å². The van der Waals surface area contributed by atoms with Crippen LogP contribution in [0.2, 0.25) is 0 Å². The second-order valence-corrected chi connectivity index (χ2v) is 6.20. The molecule has 0 unspecified atom stereocenters. The highest BCUT2D eigenvalue weighted by molar-refractivity contribution is 7.89. The number of aryl methyl sites for hydroxylation is 2. The molecule has 1 aliphatic rings. The highest BCUT2D eigenvalue weighted by Gasteiger charge is 2.34. The van der Waals surface area contributed by atoms with Crippen molar-refractivity contribution in [3.05, 3.63) is 11.8 Å². The minimum atomic E-state index is -3.87. The molecule has 0 atom stereocenters. The Morgan fingerprint density at radius 1 is 1.37 bits per heavy atom. The molecule has 2 aromatic rings. The summed E-state index contributed by atoms with van der Waals surface area (Å²) in [6, 6.07) is 1.94. The number of sulfonamides is 1. The van der Waals surface area contributed by atoms with E-state index in [1.165, 1.54) is 0 Å². The molecule has 0 saturated heterocycles. The van der Waals surface area contributed by atoms with E-state index in [9.17, 15) is 8.42 Å². The van der Waals surface area contributed by atoms with Crippen molar-refractivity contribution in [1.82, 2.24) is 24.5 Å². The Labute approximate surface area is 110 Å². The maximum Gasteiger partial charge on any atom is 0.273 e. The van der Waals surface area contributed by atoms with Crippen LogP contribution in [0.15, 0.2) is 11.2 Å². The third kappa shape index (κ3) is 2.04. The molecule has 2 heterocycles. The second-order valence-electron chi connectivity index (χ2n) is 4.75. The number of hydrogen-bond donors (Lipinski definition) is 1. The number of aromatic nitrogens is 5. The van der Waals surface area contributed by atoms with Gasteiger partial charge in [0.2, 0.25) is 0 Å². The second kappa shape index (κ2) is 3.87. The first kappa shape index (κ1) is 12.3. The van der Waals surface area contributed by atoms with Gasteiger partial charge in [-0.1, -0.05) is 0 Å². The lowest BCUT2D eigenvalue weighted by Crippen LogP contribution is -2.18. The summed E-state index contributed by atoms with van der Waals surface area (Å²) >= 11 is 0. The zero-order valence-corrected chi connectivity index (χ0v) is 11.4. The van der Waals surface area contributed by atoms with Crippen LogP contribution in [0, 0.1) is 6.92 Å². The van der Waals surface area contributed by atoms with Crippen molar-refractivity contribution in [1.29, 1.82) is 0 Å². The lowest BCUT2D eigenvalue weighted by atomic mass is 10.3. The molecule has 9 heteroatoms. The van der Waals surface area contributed by atoms with Crippen molar-refractivity contribution in [2.75, 3.05) is 0 Å². The Bertz CT molecular complexity index is 721. The van der Waals surface area contributed by atoms with Crippen molar-refractivity contribution in [3.8, 4) is 11.5 Å². The van der Waals surface area contributed by atoms with Gasteiger partial charge >= 0.3 is 0 Å². The molecule has 0 radical (unpaired) electrons. The van der Waals surface area contributed by atoms with E-state index in [1.54, 1.807) is 9.25 Å². The fourth-order valence-electron chi connectivity index (χ4n) is 1.98. The van der Waals surface area contributed by atoms with E-state index in [-0.39, 0.29) is 11.2 Å². The average molecular weight is 282 g/mol. The van der Waals surface area contributed by atoms with Gasteiger partial charge in [0.15, 0.2) is 5.82 Å². The predicted octanol–water partition coefficient (Wildman–Crippen LogP) is -0.0307. The monoisotopic (exact) mass is 282 g/mol. The molecule has 0 amide bonds. The number of rotatable bonds is 3. The summed E-state index contributed by atoms with van der Waals surface area (Å²) in [5.74, 6) is 0.454. The molecule has 2 N–H and O–H groups in total. The van der Waals surface area contributed by atoms with Gasteiger partial charge in [0.05, 0.1) is 0 Å². The van der Waals surface area contributed by atoms with Gasteiger partial charge in [-0.05, 0) is 25.8 Å². The molecule has 0 aliphatic heterocycles. The van der Waals surface area contributed by atoms with Gasteiger partial charge < -0.3 is 0 Å². The zero-order chi connectivity index (χ0) is 13.8. The topological polar surface area (TPSA) is 109 Å². The van der Waals surface area contributed by atoms with E-state index in [4.69, 9.17) is 5.14 Å². The third-order valence-corrected chi connectivity index (χ3v) is 3.96. The molecule has 1 saturated carbocycles. The molecule has 0 bridgehead atoms. The van der Waals surface area contributed by atoms with Crippen LogP contribution in [-0.2, 0) is 17.1 Å². The molecule has 102 valence electrons. The van der Waals surface area contributed by atoms with Crippen LogP contribution < -0.4 is 5.14 Å².